The standard InChI is InChI=1S/C17H27ClN2.2ClH/c1-13(2)4-7-17(20-10-8-19-9-11-20)16-6-5-15(18)12-14(16)3;;/h5-6,12-13,17,19H,4,7-11H2,1-3H3;2*1H/t17-;;/m0../s1. The lowest BCUT2D eigenvalue weighted by Crippen LogP contribution is -2.45. The largest absolute Gasteiger partial charge is 0.314 e. The minimum Gasteiger partial charge on any atom is -0.314 e. The van der Waals surface area contributed by atoms with Crippen LogP contribution in [0.3, 0.4) is 0 Å². The molecule has 1 aliphatic heterocycles. The van der Waals surface area contributed by atoms with Crippen molar-refractivity contribution in [1.29, 1.82) is 0 Å². The van der Waals surface area contributed by atoms with E-state index in [2.05, 4.69) is 43.1 Å². The first-order chi connectivity index (χ1) is 9.58. The lowest BCUT2D eigenvalue weighted by molar-refractivity contribution is 0.159. The number of benzene rings is 1. The maximum absolute atomic E-state index is 6.11. The Morgan fingerprint density at radius 2 is 1.77 bits per heavy atom. The molecule has 0 spiro atoms. The first kappa shape index (κ1) is 22.0. The van der Waals surface area contributed by atoms with E-state index < -0.39 is 0 Å². The summed E-state index contributed by atoms with van der Waals surface area (Å²) >= 11 is 6.11. The van der Waals surface area contributed by atoms with Gasteiger partial charge in [-0.05, 0) is 48.9 Å². The molecule has 0 amide bonds. The van der Waals surface area contributed by atoms with E-state index in [1.807, 2.05) is 6.07 Å². The van der Waals surface area contributed by atoms with Crippen molar-refractivity contribution in [3.63, 3.8) is 0 Å². The van der Waals surface area contributed by atoms with Gasteiger partial charge in [-0.25, -0.2) is 0 Å². The molecule has 0 bridgehead atoms. The predicted molar refractivity (Wildman–Crippen MR) is 102 cm³/mol. The summed E-state index contributed by atoms with van der Waals surface area (Å²) in [4.78, 5) is 2.63. The van der Waals surface area contributed by atoms with Crippen molar-refractivity contribution >= 4 is 36.4 Å². The van der Waals surface area contributed by atoms with Gasteiger partial charge in [0.15, 0.2) is 0 Å². The quantitative estimate of drug-likeness (QED) is 0.798. The Morgan fingerprint density at radius 1 is 1.14 bits per heavy atom. The fourth-order valence-electron chi connectivity index (χ4n) is 3.03. The van der Waals surface area contributed by atoms with Gasteiger partial charge in [0, 0.05) is 37.2 Å². The van der Waals surface area contributed by atoms with Gasteiger partial charge in [-0.1, -0.05) is 31.5 Å². The number of hydrogen-bond acceptors (Lipinski definition) is 2. The Balaban J connectivity index is 0.00000220. The molecule has 0 saturated carbocycles. The minimum atomic E-state index is 0. The molecule has 1 fully saturated rings. The maximum atomic E-state index is 6.11. The highest BCUT2D eigenvalue weighted by Crippen LogP contribution is 2.31. The van der Waals surface area contributed by atoms with E-state index in [-0.39, 0.29) is 24.8 Å². The average molecular weight is 368 g/mol. The Hall–Kier alpha value is 0.01000. The van der Waals surface area contributed by atoms with Crippen LogP contribution in [0.4, 0.5) is 0 Å². The molecule has 1 aromatic rings. The molecular formula is C17H29Cl3N2. The molecule has 1 heterocycles. The molecule has 0 unspecified atom stereocenters. The molecule has 1 aliphatic rings. The van der Waals surface area contributed by atoms with Gasteiger partial charge in [0.2, 0.25) is 0 Å². The molecule has 0 aromatic heterocycles. The third-order valence-electron chi connectivity index (χ3n) is 4.20. The van der Waals surface area contributed by atoms with Crippen LogP contribution >= 0.6 is 36.4 Å². The fourth-order valence-corrected chi connectivity index (χ4v) is 3.26. The van der Waals surface area contributed by atoms with Gasteiger partial charge in [-0.3, -0.25) is 4.90 Å². The number of piperazine rings is 1. The van der Waals surface area contributed by atoms with Crippen LogP contribution in [0.5, 0.6) is 0 Å². The minimum absolute atomic E-state index is 0. The van der Waals surface area contributed by atoms with Gasteiger partial charge in [-0.15, -0.1) is 24.8 Å². The third kappa shape index (κ3) is 6.25. The van der Waals surface area contributed by atoms with E-state index in [9.17, 15) is 0 Å². The summed E-state index contributed by atoms with van der Waals surface area (Å²) in [5.74, 6) is 0.757. The van der Waals surface area contributed by atoms with Crippen LogP contribution in [0.2, 0.25) is 5.02 Å². The summed E-state index contributed by atoms with van der Waals surface area (Å²) < 4.78 is 0. The van der Waals surface area contributed by atoms with Crippen molar-refractivity contribution in [2.75, 3.05) is 26.2 Å². The van der Waals surface area contributed by atoms with Gasteiger partial charge < -0.3 is 5.32 Å². The van der Waals surface area contributed by atoms with E-state index in [1.54, 1.807) is 0 Å². The maximum Gasteiger partial charge on any atom is 0.0408 e. The highest BCUT2D eigenvalue weighted by Gasteiger charge is 2.23. The van der Waals surface area contributed by atoms with Crippen LogP contribution in [0, 0.1) is 12.8 Å². The molecule has 22 heavy (non-hydrogen) atoms. The molecule has 0 aliphatic carbocycles. The van der Waals surface area contributed by atoms with Crippen LogP contribution in [0.1, 0.15) is 43.9 Å². The van der Waals surface area contributed by atoms with E-state index in [0.29, 0.717) is 6.04 Å². The highest BCUT2D eigenvalue weighted by atomic mass is 35.5. The normalized spacial score (nSPS) is 16.8. The summed E-state index contributed by atoms with van der Waals surface area (Å²) in [6.45, 7) is 11.3. The zero-order chi connectivity index (χ0) is 14.5. The summed E-state index contributed by atoms with van der Waals surface area (Å²) in [6.07, 6.45) is 2.51. The molecule has 1 N–H and O–H groups in total. The van der Waals surface area contributed by atoms with Gasteiger partial charge in [-0.2, -0.15) is 0 Å². The van der Waals surface area contributed by atoms with Crippen LogP contribution in [-0.2, 0) is 0 Å². The Bertz CT molecular complexity index is 432. The van der Waals surface area contributed by atoms with E-state index in [1.165, 1.54) is 24.0 Å². The predicted octanol–water partition coefficient (Wildman–Crippen LogP) is 4.87. The number of rotatable bonds is 5. The second-order valence-corrected chi connectivity index (χ2v) is 6.71. The second kappa shape index (κ2) is 10.7. The topological polar surface area (TPSA) is 15.3 Å². The van der Waals surface area contributed by atoms with Crippen molar-refractivity contribution < 1.29 is 0 Å². The molecule has 0 radical (unpaired) electrons. The number of nitrogens with zero attached hydrogens (tertiary/aromatic N) is 1. The molecule has 1 aromatic carbocycles. The SMILES string of the molecule is Cc1cc(Cl)ccc1[C@H](CCC(C)C)N1CCNCC1.Cl.Cl. The monoisotopic (exact) mass is 366 g/mol. The van der Waals surface area contributed by atoms with Crippen LogP contribution < -0.4 is 5.32 Å². The Morgan fingerprint density at radius 3 is 2.32 bits per heavy atom. The smallest absolute Gasteiger partial charge is 0.0408 e. The average Bonchev–Trinajstić information content (AvgIpc) is 2.42. The van der Waals surface area contributed by atoms with Crippen molar-refractivity contribution in [3.8, 4) is 0 Å². The molecular weight excluding hydrogens is 339 g/mol. The van der Waals surface area contributed by atoms with E-state index >= 15 is 0 Å². The van der Waals surface area contributed by atoms with E-state index in [4.69, 9.17) is 11.6 Å². The van der Waals surface area contributed by atoms with Crippen LogP contribution in [-0.4, -0.2) is 31.1 Å². The van der Waals surface area contributed by atoms with Crippen LogP contribution in [0.25, 0.3) is 0 Å². The van der Waals surface area contributed by atoms with Gasteiger partial charge in [0.1, 0.15) is 0 Å². The fraction of sp³-hybridized carbons (Fsp3) is 0.647. The Labute approximate surface area is 152 Å². The first-order valence-electron chi connectivity index (χ1n) is 7.78. The number of hydrogen-bond donors (Lipinski definition) is 1. The summed E-state index contributed by atoms with van der Waals surface area (Å²) in [5.41, 5.74) is 2.78. The molecule has 1 atom stereocenters. The summed E-state index contributed by atoms with van der Waals surface area (Å²) in [5, 5.41) is 4.29. The zero-order valence-electron chi connectivity index (χ0n) is 13.8. The molecule has 2 rings (SSSR count). The lowest BCUT2D eigenvalue weighted by atomic mass is 9.93. The molecule has 128 valence electrons. The number of halogens is 3. The van der Waals surface area contributed by atoms with Gasteiger partial charge >= 0.3 is 0 Å². The summed E-state index contributed by atoms with van der Waals surface area (Å²) in [7, 11) is 0. The summed E-state index contributed by atoms with van der Waals surface area (Å²) in [6, 6.07) is 6.90. The second-order valence-electron chi connectivity index (χ2n) is 6.27. The molecule has 1 saturated heterocycles. The lowest BCUT2D eigenvalue weighted by Gasteiger charge is -2.36. The number of aryl methyl sites for hydroxylation is 1. The van der Waals surface area contributed by atoms with Crippen molar-refractivity contribution in [2.45, 2.75) is 39.7 Å². The Kier molecular flexibility index (Phi) is 10.7. The van der Waals surface area contributed by atoms with E-state index in [0.717, 1.165) is 37.1 Å². The van der Waals surface area contributed by atoms with Crippen molar-refractivity contribution in [1.82, 2.24) is 10.2 Å². The molecule has 5 heteroatoms. The van der Waals surface area contributed by atoms with Crippen molar-refractivity contribution in [2.24, 2.45) is 5.92 Å². The first-order valence-corrected chi connectivity index (χ1v) is 8.16. The van der Waals surface area contributed by atoms with Crippen LogP contribution in [0.15, 0.2) is 18.2 Å². The van der Waals surface area contributed by atoms with Gasteiger partial charge in [0.25, 0.3) is 0 Å². The zero-order valence-corrected chi connectivity index (χ0v) is 16.2. The third-order valence-corrected chi connectivity index (χ3v) is 4.44. The van der Waals surface area contributed by atoms with Crippen molar-refractivity contribution in [3.05, 3.63) is 34.3 Å². The molecule has 2 nitrogen and oxygen atoms in total. The van der Waals surface area contributed by atoms with Gasteiger partial charge in [0.05, 0.1) is 0 Å². The highest BCUT2D eigenvalue weighted by molar-refractivity contribution is 6.30. The number of nitrogens with one attached hydrogen (secondary N) is 1.